The number of rotatable bonds is 2. The number of fused-ring (bicyclic) bond motifs is 2. The first kappa shape index (κ1) is 18.7. The minimum atomic E-state index is -0.293. The molecule has 5 rings (SSSR count). The van der Waals surface area contributed by atoms with Crippen LogP contribution < -0.4 is 4.80 Å². The smallest absolute Gasteiger partial charge is 0.280 e. The third-order valence-electron chi connectivity index (χ3n) is 4.98. The number of carbonyl (C=O) groups is 1. The summed E-state index contributed by atoms with van der Waals surface area (Å²) in [6, 6.07) is 25.0. The SMILES string of the molecule is Cn1c(=NC(=O)c2cc(-c3ccccc3)nc3ccccc23)sc2cc(Cl)ccc21. The molecule has 0 atom stereocenters. The van der Waals surface area contributed by atoms with Gasteiger partial charge in [0.25, 0.3) is 5.91 Å². The summed E-state index contributed by atoms with van der Waals surface area (Å²) in [4.78, 5) is 23.1. The van der Waals surface area contributed by atoms with Gasteiger partial charge >= 0.3 is 0 Å². The molecule has 1 amide bonds. The molecule has 5 aromatic rings. The van der Waals surface area contributed by atoms with Crippen LogP contribution in [0.5, 0.6) is 0 Å². The van der Waals surface area contributed by atoms with E-state index in [9.17, 15) is 4.79 Å². The monoisotopic (exact) mass is 429 g/mol. The molecule has 0 N–H and O–H groups in total. The van der Waals surface area contributed by atoms with Crippen molar-refractivity contribution in [3.8, 4) is 11.3 Å². The molecular formula is C24H16ClN3OS. The van der Waals surface area contributed by atoms with Crippen LogP contribution in [0, 0.1) is 0 Å². The Kier molecular flexibility index (Phi) is 4.69. The number of aryl methyl sites for hydroxylation is 1. The fourth-order valence-electron chi connectivity index (χ4n) is 3.47. The van der Waals surface area contributed by atoms with Crippen molar-refractivity contribution in [1.82, 2.24) is 9.55 Å². The lowest BCUT2D eigenvalue weighted by molar-refractivity contribution is 0.0999. The van der Waals surface area contributed by atoms with Crippen molar-refractivity contribution in [2.45, 2.75) is 0 Å². The highest BCUT2D eigenvalue weighted by Gasteiger charge is 2.14. The predicted octanol–water partition coefficient (Wildman–Crippen LogP) is 5.85. The summed E-state index contributed by atoms with van der Waals surface area (Å²) in [6.45, 7) is 0. The highest BCUT2D eigenvalue weighted by molar-refractivity contribution is 7.16. The molecule has 0 aliphatic carbocycles. The Labute approximate surface area is 181 Å². The van der Waals surface area contributed by atoms with E-state index in [4.69, 9.17) is 16.6 Å². The van der Waals surface area contributed by atoms with Crippen molar-refractivity contribution in [2.24, 2.45) is 12.0 Å². The molecule has 2 heterocycles. The van der Waals surface area contributed by atoms with Crippen molar-refractivity contribution >= 4 is 50.0 Å². The van der Waals surface area contributed by atoms with Gasteiger partial charge < -0.3 is 4.57 Å². The Morgan fingerprint density at radius 2 is 1.77 bits per heavy atom. The third-order valence-corrected chi connectivity index (χ3v) is 6.31. The van der Waals surface area contributed by atoms with E-state index in [0.29, 0.717) is 15.4 Å². The lowest BCUT2D eigenvalue weighted by Crippen LogP contribution is -2.13. The van der Waals surface area contributed by atoms with Gasteiger partial charge in [0, 0.05) is 23.0 Å². The average Bonchev–Trinajstić information content (AvgIpc) is 3.07. The Balaban J connectivity index is 1.70. The van der Waals surface area contributed by atoms with Crippen molar-refractivity contribution in [1.29, 1.82) is 0 Å². The fraction of sp³-hybridized carbons (Fsp3) is 0.0417. The van der Waals surface area contributed by atoms with Gasteiger partial charge in [-0.25, -0.2) is 4.98 Å². The normalized spacial score (nSPS) is 12.0. The molecule has 146 valence electrons. The van der Waals surface area contributed by atoms with E-state index in [1.165, 1.54) is 11.3 Å². The van der Waals surface area contributed by atoms with Gasteiger partial charge in [0.2, 0.25) is 0 Å². The molecule has 2 aromatic heterocycles. The zero-order valence-electron chi connectivity index (χ0n) is 16.0. The number of thiazole rings is 1. The van der Waals surface area contributed by atoms with Gasteiger partial charge in [-0.05, 0) is 30.3 Å². The number of pyridine rings is 1. The number of para-hydroxylation sites is 1. The van der Waals surface area contributed by atoms with E-state index < -0.39 is 0 Å². The Hall–Kier alpha value is -3.28. The molecule has 0 saturated heterocycles. The highest BCUT2D eigenvalue weighted by atomic mass is 35.5. The van der Waals surface area contributed by atoms with Gasteiger partial charge in [0.15, 0.2) is 4.80 Å². The highest BCUT2D eigenvalue weighted by Crippen LogP contribution is 2.26. The van der Waals surface area contributed by atoms with Crippen LogP contribution in [-0.2, 0) is 7.05 Å². The molecule has 0 bridgehead atoms. The average molecular weight is 430 g/mol. The number of hydrogen-bond donors (Lipinski definition) is 0. The van der Waals surface area contributed by atoms with Crippen LogP contribution in [0.3, 0.4) is 0 Å². The number of hydrogen-bond acceptors (Lipinski definition) is 3. The number of amides is 1. The molecule has 30 heavy (non-hydrogen) atoms. The van der Waals surface area contributed by atoms with E-state index in [1.807, 2.05) is 90.5 Å². The van der Waals surface area contributed by atoms with Crippen LogP contribution in [0.1, 0.15) is 10.4 Å². The quantitative estimate of drug-likeness (QED) is 0.353. The van der Waals surface area contributed by atoms with Gasteiger partial charge in [-0.15, -0.1) is 0 Å². The second kappa shape index (κ2) is 7.52. The van der Waals surface area contributed by atoms with Gasteiger partial charge in [-0.3, -0.25) is 4.79 Å². The van der Waals surface area contributed by atoms with Gasteiger partial charge in [-0.2, -0.15) is 4.99 Å². The van der Waals surface area contributed by atoms with Crippen LogP contribution >= 0.6 is 22.9 Å². The summed E-state index contributed by atoms with van der Waals surface area (Å²) in [5, 5.41) is 1.45. The number of aromatic nitrogens is 2. The van der Waals surface area contributed by atoms with Gasteiger partial charge in [0.05, 0.1) is 27.0 Å². The van der Waals surface area contributed by atoms with E-state index in [1.54, 1.807) is 0 Å². The first-order valence-electron chi connectivity index (χ1n) is 9.39. The second-order valence-corrected chi connectivity index (χ2v) is 8.36. The van der Waals surface area contributed by atoms with E-state index in [-0.39, 0.29) is 5.91 Å². The fourth-order valence-corrected chi connectivity index (χ4v) is 4.76. The summed E-state index contributed by atoms with van der Waals surface area (Å²) in [5.41, 5.74) is 4.00. The Bertz CT molecular complexity index is 1490. The summed E-state index contributed by atoms with van der Waals surface area (Å²) < 4.78 is 2.90. The molecule has 0 aliphatic rings. The van der Waals surface area contributed by atoms with Crippen molar-refractivity contribution in [2.75, 3.05) is 0 Å². The molecule has 0 saturated carbocycles. The van der Waals surface area contributed by atoms with Crippen LogP contribution in [-0.4, -0.2) is 15.5 Å². The summed E-state index contributed by atoms with van der Waals surface area (Å²) >= 11 is 7.56. The number of halogens is 1. The van der Waals surface area contributed by atoms with Crippen LogP contribution in [0.2, 0.25) is 5.02 Å². The van der Waals surface area contributed by atoms with Crippen molar-refractivity contribution < 1.29 is 4.79 Å². The third kappa shape index (κ3) is 3.32. The second-order valence-electron chi connectivity index (χ2n) is 6.91. The zero-order chi connectivity index (χ0) is 20.7. The number of benzene rings is 3. The van der Waals surface area contributed by atoms with Crippen LogP contribution in [0.25, 0.3) is 32.4 Å². The maximum absolute atomic E-state index is 13.3. The number of carbonyl (C=O) groups excluding carboxylic acids is 1. The lowest BCUT2D eigenvalue weighted by Gasteiger charge is -2.07. The molecular weight excluding hydrogens is 414 g/mol. The van der Waals surface area contributed by atoms with Crippen LogP contribution in [0.15, 0.2) is 83.9 Å². The van der Waals surface area contributed by atoms with Crippen molar-refractivity contribution in [3.05, 3.63) is 94.3 Å². The predicted molar refractivity (Wildman–Crippen MR) is 123 cm³/mol. The first-order chi connectivity index (χ1) is 14.6. The maximum atomic E-state index is 13.3. The van der Waals surface area contributed by atoms with Gasteiger partial charge in [-0.1, -0.05) is 71.5 Å². The standard InChI is InChI=1S/C24H16ClN3OS/c1-28-21-12-11-16(25)13-22(21)30-24(28)27-23(29)18-14-20(15-7-3-2-4-8-15)26-19-10-6-5-9-17(18)19/h2-14H,1H3. The van der Waals surface area contributed by atoms with Crippen LogP contribution in [0.4, 0.5) is 0 Å². The molecule has 0 fully saturated rings. The molecule has 6 heteroatoms. The molecule has 3 aromatic carbocycles. The molecule has 0 spiro atoms. The maximum Gasteiger partial charge on any atom is 0.280 e. The molecule has 0 aliphatic heterocycles. The van der Waals surface area contributed by atoms with Gasteiger partial charge in [0.1, 0.15) is 0 Å². The molecule has 0 radical (unpaired) electrons. The Morgan fingerprint density at radius 1 is 1.00 bits per heavy atom. The minimum Gasteiger partial charge on any atom is -0.319 e. The summed E-state index contributed by atoms with van der Waals surface area (Å²) in [5.74, 6) is -0.293. The summed E-state index contributed by atoms with van der Waals surface area (Å²) in [7, 11) is 1.90. The van der Waals surface area contributed by atoms with Crippen molar-refractivity contribution in [3.63, 3.8) is 0 Å². The zero-order valence-corrected chi connectivity index (χ0v) is 17.6. The first-order valence-corrected chi connectivity index (χ1v) is 10.6. The largest absolute Gasteiger partial charge is 0.319 e. The van der Waals surface area contributed by atoms with E-state index >= 15 is 0 Å². The number of nitrogens with zero attached hydrogens (tertiary/aromatic N) is 3. The molecule has 0 unspecified atom stereocenters. The summed E-state index contributed by atoms with van der Waals surface area (Å²) in [6.07, 6.45) is 0. The van der Waals surface area contributed by atoms with E-state index in [2.05, 4.69) is 4.99 Å². The van der Waals surface area contributed by atoms with E-state index in [0.717, 1.165) is 32.4 Å². The lowest BCUT2D eigenvalue weighted by atomic mass is 10.0. The topological polar surface area (TPSA) is 47.2 Å². The minimum absolute atomic E-state index is 0.293. The molecule has 4 nitrogen and oxygen atoms in total. The Morgan fingerprint density at radius 3 is 2.60 bits per heavy atom.